The average molecular weight is 274 g/mol. The summed E-state index contributed by atoms with van der Waals surface area (Å²) in [7, 11) is 1.83. The van der Waals surface area contributed by atoms with Crippen molar-refractivity contribution in [1.82, 2.24) is 5.32 Å². The van der Waals surface area contributed by atoms with Gasteiger partial charge >= 0.3 is 0 Å². The molecule has 1 aromatic rings. The van der Waals surface area contributed by atoms with Crippen LogP contribution in [0.3, 0.4) is 0 Å². The van der Waals surface area contributed by atoms with Gasteiger partial charge in [0.05, 0.1) is 12.1 Å². The predicted octanol–water partition coefficient (Wildman–Crippen LogP) is 3.80. The highest BCUT2D eigenvalue weighted by molar-refractivity contribution is 6.31. The molecule has 0 heterocycles. The van der Waals surface area contributed by atoms with Crippen molar-refractivity contribution in [2.24, 2.45) is 5.92 Å². The number of rotatable bonds is 6. The molecule has 0 spiro atoms. The maximum absolute atomic E-state index is 13.4. The smallest absolute Gasteiger partial charge is 0.123 e. The van der Waals surface area contributed by atoms with E-state index in [9.17, 15) is 4.39 Å². The fraction of sp³-hybridized carbons (Fsp3) is 0.571. The first-order valence-corrected chi connectivity index (χ1v) is 6.62. The highest BCUT2D eigenvalue weighted by atomic mass is 35.5. The van der Waals surface area contributed by atoms with Gasteiger partial charge in [0.2, 0.25) is 0 Å². The Hall–Kier alpha value is -0.640. The zero-order valence-corrected chi connectivity index (χ0v) is 12.1. The van der Waals surface area contributed by atoms with E-state index in [0.29, 0.717) is 17.5 Å². The second-order valence-corrected chi connectivity index (χ2v) is 5.00. The summed E-state index contributed by atoms with van der Waals surface area (Å²) in [4.78, 5) is 0. The van der Waals surface area contributed by atoms with E-state index in [1.54, 1.807) is 6.07 Å². The molecule has 2 atom stereocenters. The van der Waals surface area contributed by atoms with E-state index >= 15 is 0 Å². The molecule has 0 amide bonds. The highest BCUT2D eigenvalue weighted by Gasteiger charge is 2.27. The maximum atomic E-state index is 13.4. The van der Waals surface area contributed by atoms with Crippen LogP contribution >= 0.6 is 11.6 Å². The third-order valence-corrected chi connectivity index (χ3v) is 3.29. The second-order valence-electron chi connectivity index (χ2n) is 4.60. The molecule has 2 unspecified atom stereocenters. The molecule has 0 radical (unpaired) electrons. The summed E-state index contributed by atoms with van der Waals surface area (Å²) < 4.78 is 19.1. The molecule has 0 saturated carbocycles. The van der Waals surface area contributed by atoms with Crippen LogP contribution in [0.15, 0.2) is 18.2 Å². The summed E-state index contributed by atoms with van der Waals surface area (Å²) in [5.41, 5.74) is 0.742. The summed E-state index contributed by atoms with van der Waals surface area (Å²) in [6.07, 6.45) is -0.0423. The van der Waals surface area contributed by atoms with E-state index < -0.39 is 0 Å². The van der Waals surface area contributed by atoms with Gasteiger partial charge in [0.25, 0.3) is 0 Å². The Balaban J connectivity index is 3.10. The molecular weight excluding hydrogens is 253 g/mol. The van der Waals surface area contributed by atoms with Gasteiger partial charge < -0.3 is 10.1 Å². The number of benzene rings is 1. The van der Waals surface area contributed by atoms with Crippen molar-refractivity contribution in [1.29, 1.82) is 0 Å². The van der Waals surface area contributed by atoms with Crippen LogP contribution < -0.4 is 5.32 Å². The van der Waals surface area contributed by atoms with Crippen LogP contribution in [-0.4, -0.2) is 19.8 Å². The van der Waals surface area contributed by atoms with E-state index in [0.717, 1.165) is 5.56 Å². The van der Waals surface area contributed by atoms with E-state index in [1.807, 2.05) is 14.0 Å². The van der Waals surface area contributed by atoms with Crippen LogP contribution in [0, 0.1) is 11.7 Å². The maximum Gasteiger partial charge on any atom is 0.123 e. The number of hydrogen-bond acceptors (Lipinski definition) is 2. The Morgan fingerprint density at radius 1 is 1.39 bits per heavy atom. The normalized spacial score (nSPS) is 14.8. The average Bonchev–Trinajstić information content (AvgIpc) is 2.33. The van der Waals surface area contributed by atoms with Gasteiger partial charge in [0.15, 0.2) is 0 Å². The Bertz CT molecular complexity index is 384. The van der Waals surface area contributed by atoms with Gasteiger partial charge in [0, 0.05) is 11.6 Å². The molecule has 0 aromatic heterocycles. The molecule has 1 aromatic carbocycles. The molecule has 0 fully saturated rings. The second kappa shape index (κ2) is 7.07. The summed E-state index contributed by atoms with van der Waals surface area (Å²) in [5.74, 6) is 0.0235. The molecule has 1 rings (SSSR count). The molecule has 1 N–H and O–H groups in total. The SMILES string of the molecule is CCOC(C(C)C)C(NC)c1cc(F)ccc1Cl. The van der Waals surface area contributed by atoms with Gasteiger partial charge in [-0.1, -0.05) is 25.4 Å². The van der Waals surface area contributed by atoms with E-state index in [1.165, 1.54) is 12.1 Å². The first-order valence-electron chi connectivity index (χ1n) is 6.25. The number of ether oxygens (including phenoxy) is 1. The largest absolute Gasteiger partial charge is 0.376 e. The zero-order chi connectivity index (χ0) is 13.7. The summed E-state index contributed by atoms with van der Waals surface area (Å²) in [5, 5.41) is 3.73. The molecule has 102 valence electrons. The quantitative estimate of drug-likeness (QED) is 0.851. The summed E-state index contributed by atoms with van der Waals surface area (Å²) >= 11 is 6.16. The molecule has 0 saturated heterocycles. The number of likely N-dealkylation sites (N-methyl/N-ethyl adjacent to an activating group) is 1. The van der Waals surface area contributed by atoms with Crippen LogP contribution in [0.2, 0.25) is 5.02 Å². The van der Waals surface area contributed by atoms with E-state index in [2.05, 4.69) is 19.2 Å². The third-order valence-electron chi connectivity index (χ3n) is 2.95. The van der Waals surface area contributed by atoms with Crippen molar-refractivity contribution >= 4 is 11.6 Å². The van der Waals surface area contributed by atoms with Gasteiger partial charge in [-0.15, -0.1) is 0 Å². The minimum atomic E-state index is -0.284. The van der Waals surface area contributed by atoms with E-state index in [4.69, 9.17) is 16.3 Å². The van der Waals surface area contributed by atoms with Crippen LogP contribution in [0.1, 0.15) is 32.4 Å². The van der Waals surface area contributed by atoms with Crippen LogP contribution in [0.4, 0.5) is 4.39 Å². The minimum Gasteiger partial charge on any atom is -0.376 e. The molecule has 0 bridgehead atoms. The molecule has 0 aliphatic rings. The molecule has 2 nitrogen and oxygen atoms in total. The Morgan fingerprint density at radius 3 is 2.56 bits per heavy atom. The van der Waals surface area contributed by atoms with E-state index in [-0.39, 0.29) is 18.0 Å². The van der Waals surface area contributed by atoms with Crippen LogP contribution in [0.25, 0.3) is 0 Å². The van der Waals surface area contributed by atoms with Crippen LogP contribution in [-0.2, 0) is 4.74 Å². The first kappa shape index (κ1) is 15.4. The van der Waals surface area contributed by atoms with Gasteiger partial charge in [-0.2, -0.15) is 0 Å². The summed E-state index contributed by atoms with van der Waals surface area (Å²) in [6, 6.07) is 4.30. The van der Waals surface area contributed by atoms with Crippen LogP contribution in [0.5, 0.6) is 0 Å². The lowest BCUT2D eigenvalue weighted by Gasteiger charge is -2.30. The predicted molar refractivity (Wildman–Crippen MR) is 73.5 cm³/mol. The van der Waals surface area contributed by atoms with Gasteiger partial charge in [-0.25, -0.2) is 4.39 Å². The minimum absolute atomic E-state index is 0.0423. The third kappa shape index (κ3) is 3.67. The van der Waals surface area contributed by atoms with Crippen molar-refractivity contribution in [3.05, 3.63) is 34.6 Å². The molecule has 0 aliphatic heterocycles. The van der Waals surface area contributed by atoms with Crippen molar-refractivity contribution < 1.29 is 9.13 Å². The van der Waals surface area contributed by atoms with Gasteiger partial charge in [0.1, 0.15) is 5.82 Å². The molecule has 4 heteroatoms. The van der Waals surface area contributed by atoms with Crippen molar-refractivity contribution in [2.45, 2.75) is 32.9 Å². The standard InChI is InChI=1S/C14H21ClFNO/c1-5-18-14(9(2)3)13(17-4)11-8-10(16)6-7-12(11)15/h6-9,13-14,17H,5H2,1-4H3. The Kier molecular flexibility index (Phi) is 6.06. The van der Waals surface area contributed by atoms with Gasteiger partial charge in [-0.05, 0) is 43.7 Å². The zero-order valence-electron chi connectivity index (χ0n) is 11.3. The van der Waals surface area contributed by atoms with Gasteiger partial charge in [-0.3, -0.25) is 0 Å². The monoisotopic (exact) mass is 273 g/mol. The Morgan fingerprint density at radius 2 is 2.06 bits per heavy atom. The topological polar surface area (TPSA) is 21.3 Å². The summed E-state index contributed by atoms with van der Waals surface area (Å²) in [6.45, 7) is 6.74. The van der Waals surface area contributed by atoms with Crippen molar-refractivity contribution in [2.75, 3.05) is 13.7 Å². The fourth-order valence-corrected chi connectivity index (χ4v) is 2.35. The number of halogens is 2. The lowest BCUT2D eigenvalue weighted by atomic mass is 9.93. The van der Waals surface area contributed by atoms with Crippen molar-refractivity contribution in [3.8, 4) is 0 Å². The lowest BCUT2D eigenvalue weighted by Crippen LogP contribution is -2.35. The Labute approximate surface area is 113 Å². The molecule has 0 aliphatic carbocycles. The van der Waals surface area contributed by atoms with Crippen molar-refractivity contribution in [3.63, 3.8) is 0 Å². The highest BCUT2D eigenvalue weighted by Crippen LogP contribution is 2.30. The number of nitrogens with one attached hydrogen (secondary N) is 1. The first-order chi connectivity index (χ1) is 8.51. The fourth-order valence-electron chi connectivity index (χ4n) is 2.12. The molecule has 18 heavy (non-hydrogen) atoms. The number of hydrogen-bond donors (Lipinski definition) is 1. The lowest BCUT2D eigenvalue weighted by molar-refractivity contribution is 0.00457. The molecular formula is C14H21ClFNO.